The number of nitrogens with one attached hydrogen (secondary N) is 1. The molecule has 4 nitrogen and oxygen atoms in total. The molecule has 0 unspecified atom stereocenters. The van der Waals surface area contributed by atoms with Gasteiger partial charge in [-0.3, -0.25) is 4.79 Å². The van der Waals surface area contributed by atoms with Gasteiger partial charge in [0.25, 0.3) is 0 Å². The van der Waals surface area contributed by atoms with Crippen molar-refractivity contribution in [3.05, 3.63) is 53.1 Å². The summed E-state index contributed by atoms with van der Waals surface area (Å²) in [7, 11) is 0. The summed E-state index contributed by atoms with van der Waals surface area (Å²) in [5.41, 5.74) is 16.8. The Morgan fingerprint density at radius 2 is 1.85 bits per heavy atom. The van der Waals surface area contributed by atoms with Gasteiger partial charge >= 0.3 is 0 Å². The molecule has 4 heteroatoms. The summed E-state index contributed by atoms with van der Waals surface area (Å²) in [5, 5.41) is 3.26. The highest BCUT2D eigenvalue weighted by atomic mass is 16.1. The van der Waals surface area contributed by atoms with Gasteiger partial charge in [-0.1, -0.05) is 6.07 Å². The van der Waals surface area contributed by atoms with Crippen molar-refractivity contribution in [3.8, 4) is 0 Å². The van der Waals surface area contributed by atoms with Gasteiger partial charge in [-0.2, -0.15) is 0 Å². The molecule has 0 saturated carbocycles. The maximum atomic E-state index is 11.2. The largest absolute Gasteiger partial charge is 0.397 e. The van der Waals surface area contributed by atoms with Crippen molar-refractivity contribution in [1.82, 2.24) is 0 Å². The Balaban J connectivity index is 1.91. The van der Waals surface area contributed by atoms with Crippen molar-refractivity contribution in [2.24, 2.45) is 5.73 Å². The van der Waals surface area contributed by atoms with Crippen LogP contribution in [0.15, 0.2) is 36.4 Å². The first kappa shape index (κ1) is 12.5. The van der Waals surface area contributed by atoms with Crippen LogP contribution in [0.4, 0.5) is 17.1 Å². The van der Waals surface area contributed by atoms with Crippen molar-refractivity contribution < 1.29 is 4.79 Å². The average molecular weight is 267 g/mol. The maximum absolute atomic E-state index is 11.2. The summed E-state index contributed by atoms with van der Waals surface area (Å²) >= 11 is 0. The van der Waals surface area contributed by atoms with Crippen LogP contribution in [0.1, 0.15) is 27.9 Å². The quantitative estimate of drug-likeness (QED) is 0.748. The van der Waals surface area contributed by atoms with E-state index >= 15 is 0 Å². The van der Waals surface area contributed by atoms with Crippen molar-refractivity contribution in [2.75, 3.05) is 11.1 Å². The number of hydrogen-bond donors (Lipinski definition) is 3. The zero-order chi connectivity index (χ0) is 14.1. The topological polar surface area (TPSA) is 81.1 Å². The Morgan fingerprint density at radius 1 is 1.05 bits per heavy atom. The van der Waals surface area contributed by atoms with E-state index in [4.69, 9.17) is 11.5 Å². The van der Waals surface area contributed by atoms with E-state index < -0.39 is 5.91 Å². The van der Waals surface area contributed by atoms with E-state index in [1.165, 1.54) is 17.5 Å². The highest BCUT2D eigenvalue weighted by Gasteiger charge is 2.11. The second-order valence-electron chi connectivity index (χ2n) is 5.13. The highest BCUT2D eigenvalue weighted by Crippen LogP contribution is 2.29. The van der Waals surface area contributed by atoms with Crippen molar-refractivity contribution in [1.29, 1.82) is 0 Å². The van der Waals surface area contributed by atoms with Crippen LogP contribution in [0, 0.1) is 0 Å². The Kier molecular flexibility index (Phi) is 3.06. The monoisotopic (exact) mass is 267 g/mol. The van der Waals surface area contributed by atoms with Gasteiger partial charge in [-0.25, -0.2) is 0 Å². The zero-order valence-electron chi connectivity index (χ0n) is 11.1. The fourth-order valence-electron chi connectivity index (χ4n) is 2.62. The fraction of sp³-hybridized carbons (Fsp3) is 0.188. The van der Waals surface area contributed by atoms with E-state index in [9.17, 15) is 4.79 Å². The maximum Gasteiger partial charge on any atom is 0.248 e. The number of benzene rings is 2. The van der Waals surface area contributed by atoms with Crippen LogP contribution in [-0.4, -0.2) is 5.91 Å². The predicted molar refractivity (Wildman–Crippen MR) is 81.1 cm³/mol. The number of rotatable bonds is 3. The highest BCUT2D eigenvalue weighted by molar-refractivity contribution is 5.95. The molecule has 102 valence electrons. The third kappa shape index (κ3) is 2.32. The van der Waals surface area contributed by atoms with E-state index in [-0.39, 0.29) is 0 Å². The van der Waals surface area contributed by atoms with E-state index in [1.54, 1.807) is 18.2 Å². The molecule has 0 heterocycles. The predicted octanol–water partition coefficient (Wildman–Crippen LogP) is 2.60. The number of nitrogen functional groups attached to an aromatic ring is 1. The summed E-state index contributed by atoms with van der Waals surface area (Å²) in [6.07, 6.45) is 3.51. The van der Waals surface area contributed by atoms with Gasteiger partial charge in [0, 0.05) is 11.3 Å². The van der Waals surface area contributed by atoms with Gasteiger partial charge in [-0.05, 0) is 60.7 Å². The summed E-state index contributed by atoms with van der Waals surface area (Å²) in [5.74, 6) is -0.456. The third-order valence-electron chi connectivity index (χ3n) is 3.72. The molecular formula is C16H17N3O. The molecule has 1 amide bonds. The van der Waals surface area contributed by atoms with Crippen LogP contribution in [0.3, 0.4) is 0 Å². The molecule has 0 aliphatic heterocycles. The summed E-state index contributed by atoms with van der Waals surface area (Å²) < 4.78 is 0. The molecule has 1 aliphatic rings. The van der Waals surface area contributed by atoms with E-state index in [0.29, 0.717) is 16.9 Å². The summed E-state index contributed by atoms with van der Waals surface area (Å²) in [6.45, 7) is 0. The van der Waals surface area contributed by atoms with E-state index in [1.807, 2.05) is 6.07 Å². The molecule has 5 N–H and O–H groups in total. The molecule has 3 rings (SSSR count). The van der Waals surface area contributed by atoms with Crippen LogP contribution >= 0.6 is 0 Å². The van der Waals surface area contributed by atoms with Crippen LogP contribution in [0.5, 0.6) is 0 Å². The molecule has 0 atom stereocenters. The first-order valence-electron chi connectivity index (χ1n) is 6.71. The normalized spacial score (nSPS) is 13.0. The van der Waals surface area contributed by atoms with Gasteiger partial charge in [0.2, 0.25) is 5.91 Å². The second kappa shape index (κ2) is 4.89. The molecule has 0 spiro atoms. The van der Waals surface area contributed by atoms with E-state index in [2.05, 4.69) is 17.4 Å². The number of aryl methyl sites for hydroxylation is 2. The number of anilines is 3. The van der Waals surface area contributed by atoms with Crippen molar-refractivity contribution in [2.45, 2.75) is 19.3 Å². The smallest absolute Gasteiger partial charge is 0.248 e. The minimum Gasteiger partial charge on any atom is -0.397 e. The lowest BCUT2D eigenvalue weighted by atomic mass is 10.1. The lowest BCUT2D eigenvalue weighted by Crippen LogP contribution is -2.11. The van der Waals surface area contributed by atoms with Gasteiger partial charge in [0.15, 0.2) is 0 Å². The number of fused-ring (bicyclic) bond motifs is 1. The molecule has 0 radical (unpaired) electrons. The molecule has 0 bridgehead atoms. The number of nitrogens with two attached hydrogens (primary N) is 2. The molecule has 20 heavy (non-hydrogen) atoms. The van der Waals surface area contributed by atoms with Gasteiger partial charge in [0.1, 0.15) is 0 Å². The minimum atomic E-state index is -0.456. The van der Waals surface area contributed by atoms with Crippen LogP contribution in [0.25, 0.3) is 0 Å². The van der Waals surface area contributed by atoms with Crippen molar-refractivity contribution in [3.63, 3.8) is 0 Å². The van der Waals surface area contributed by atoms with Gasteiger partial charge < -0.3 is 16.8 Å². The average Bonchev–Trinajstić information content (AvgIpc) is 2.88. The number of carbonyl (C=O) groups is 1. The lowest BCUT2D eigenvalue weighted by molar-refractivity contribution is 0.100. The molecule has 0 saturated heterocycles. The van der Waals surface area contributed by atoms with Gasteiger partial charge in [-0.15, -0.1) is 0 Å². The second-order valence-corrected chi connectivity index (χ2v) is 5.13. The van der Waals surface area contributed by atoms with Gasteiger partial charge in [0.05, 0.1) is 11.4 Å². The molecule has 0 fully saturated rings. The molecule has 2 aromatic rings. The standard InChI is InChI=1S/C16H17N3O/c17-14-7-5-12(16(18)20)9-15(14)19-13-6-4-10-2-1-3-11(10)8-13/h4-9,19H,1-3,17H2,(H2,18,20). The Labute approximate surface area is 117 Å². The summed E-state index contributed by atoms with van der Waals surface area (Å²) in [4.78, 5) is 11.2. The Hall–Kier alpha value is -2.49. The number of carbonyl (C=O) groups excluding carboxylic acids is 1. The Morgan fingerprint density at radius 3 is 2.65 bits per heavy atom. The molecule has 2 aromatic carbocycles. The van der Waals surface area contributed by atoms with Crippen LogP contribution in [-0.2, 0) is 12.8 Å². The first-order chi connectivity index (χ1) is 9.63. The number of primary amides is 1. The van der Waals surface area contributed by atoms with Crippen LogP contribution in [0.2, 0.25) is 0 Å². The van der Waals surface area contributed by atoms with Crippen LogP contribution < -0.4 is 16.8 Å². The zero-order valence-corrected chi connectivity index (χ0v) is 11.1. The molecular weight excluding hydrogens is 250 g/mol. The SMILES string of the molecule is NC(=O)c1ccc(N)c(Nc2ccc3c(c2)CCC3)c1. The Bertz CT molecular complexity index is 679. The minimum absolute atomic E-state index is 0.447. The molecule has 1 aliphatic carbocycles. The lowest BCUT2D eigenvalue weighted by Gasteiger charge is -2.12. The number of hydrogen-bond acceptors (Lipinski definition) is 3. The van der Waals surface area contributed by atoms with E-state index in [0.717, 1.165) is 18.5 Å². The first-order valence-corrected chi connectivity index (χ1v) is 6.71. The summed E-state index contributed by atoms with van der Waals surface area (Å²) in [6, 6.07) is 11.4. The third-order valence-corrected chi connectivity index (χ3v) is 3.72. The molecule has 0 aromatic heterocycles. The van der Waals surface area contributed by atoms with Crippen molar-refractivity contribution >= 4 is 23.0 Å². The number of amides is 1. The fourth-order valence-corrected chi connectivity index (χ4v) is 2.62.